The number of nitrogens with zero attached hydrogens (tertiary/aromatic N) is 4. The summed E-state index contributed by atoms with van der Waals surface area (Å²) in [6.07, 6.45) is 1.19. The van der Waals surface area contributed by atoms with Crippen LogP contribution >= 0.6 is 22.9 Å². The number of hydrogen-bond donors (Lipinski definition) is 1. The smallest absolute Gasteiger partial charge is 0.305 e. The van der Waals surface area contributed by atoms with Crippen LogP contribution in [0.1, 0.15) is 64.9 Å². The number of halogens is 1. The number of carboxylic acids is 1. The van der Waals surface area contributed by atoms with E-state index in [0.717, 1.165) is 33.2 Å². The minimum atomic E-state index is -0.881. The average Bonchev–Trinajstić information content (AvgIpc) is 3.57. The van der Waals surface area contributed by atoms with Gasteiger partial charge in [0.2, 0.25) is 0 Å². The second-order valence-corrected chi connectivity index (χ2v) is 13.2. The van der Waals surface area contributed by atoms with E-state index in [2.05, 4.69) is 28.6 Å². The Morgan fingerprint density at radius 3 is 1.88 bits per heavy atom. The number of aliphatic imine (C=N–C) groups is 1. The lowest BCUT2D eigenvalue weighted by atomic mass is 9.99. The zero-order chi connectivity index (χ0) is 35.7. The third-order valence-electron chi connectivity index (χ3n) is 7.84. The molecule has 0 amide bonds. The summed E-state index contributed by atoms with van der Waals surface area (Å²) in [6.45, 7) is 11.1. The molecule has 274 valence electrons. The van der Waals surface area contributed by atoms with Gasteiger partial charge >= 0.3 is 5.97 Å². The molecule has 50 heavy (non-hydrogen) atoms. The van der Waals surface area contributed by atoms with Crippen LogP contribution in [0.15, 0.2) is 29.3 Å². The van der Waals surface area contributed by atoms with Gasteiger partial charge in [-0.05, 0) is 44.9 Å². The summed E-state index contributed by atoms with van der Waals surface area (Å²) in [7, 11) is 0. The number of aliphatic carboxylic acids is 1. The zero-order valence-corrected chi connectivity index (χ0v) is 30.6. The highest BCUT2D eigenvalue weighted by Crippen LogP contribution is 2.39. The van der Waals surface area contributed by atoms with Crippen molar-refractivity contribution < 1.29 is 43.1 Å². The van der Waals surface area contributed by atoms with Crippen molar-refractivity contribution in [3.05, 3.63) is 62.5 Å². The highest BCUT2D eigenvalue weighted by molar-refractivity contribution is 7.15. The molecule has 3 aromatic rings. The van der Waals surface area contributed by atoms with Gasteiger partial charge < -0.3 is 33.5 Å². The van der Waals surface area contributed by atoms with Gasteiger partial charge in [-0.3, -0.25) is 19.1 Å². The summed E-state index contributed by atoms with van der Waals surface area (Å²) in [5.74, 6) is 0.645. The second-order valence-electron chi connectivity index (χ2n) is 11.6. The SMILES string of the molecule is Cc1sc2c(c1C)C(c1ccc(Cl)cc1)=N[C@@H](CC(=O)CCCOCCOCCOCCOCCOCCOCCC(=O)O)c1nnc(C)n1-2. The number of aryl methyl sites for hydroxylation is 2. The normalized spacial score (nSPS) is 13.9. The molecule has 0 unspecified atom stereocenters. The summed E-state index contributed by atoms with van der Waals surface area (Å²) in [6, 6.07) is 7.18. The third kappa shape index (κ3) is 12.3. The number of fused-ring (bicyclic) bond motifs is 3. The minimum absolute atomic E-state index is 0.0115. The summed E-state index contributed by atoms with van der Waals surface area (Å²) in [5.41, 5.74) is 3.97. The number of carbonyl (C=O) groups excluding carboxylic acids is 1. The summed E-state index contributed by atoms with van der Waals surface area (Å²) < 4.78 is 34.7. The molecule has 0 bridgehead atoms. The Morgan fingerprint density at radius 2 is 1.32 bits per heavy atom. The Hall–Kier alpha value is -3.08. The van der Waals surface area contributed by atoms with E-state index in [-0.39, 0.29) is 25.2 Å². The van der Waals surface area contributed by atoms with Gasteiger partial charge in [-0.25, -0.2) is 0 Å². The summed E-state index contributed by atoms with van der Waals surface area (Å²) in [5, 5.41) is 19.0. The van der Waals surface area contributed by atoms with E-state index < -0.39 is 12.0 Å². The molecule has 15 heteroatoms. The summed E-state index contributed by atoms with van der Waals surface area (Å²) >= 11 is 7.89. The monoisotopic (exact) mass is 734 g/mol. The van der Waals surface area contributed by atoms with Crippen molar-refractivity contribution in [3.8, 4) is 5.00 Å². The number of ketones is 1. The predicted octanol–water partition coefficient (Wildman–Crippen LogP) is 5.11. The lowest BCUT2D eigenvalue weighted by Gasteiger charge is -2.12. The predicted molar refractivity (Wildman–Crippen MR) is 189 cm³/mol. The van der Waals surface area contributed by atoms with Gasteiger partial charge in [-0.2, -0.15) is 0 Å². The number of aromatic nitrogens is 3. The van der Waals surface area contributed by atoms with E-state index >= 15 is 0 Å². The topological polar surface area (TPSA) is 153 Å². The van der Waals surface area contributed by atoms with Crippen LogP contribution in [0.5, 0.6) is 0 Å². The van der Waals surface area contributed by atoms with Crippen LogP contribution in [0.2, 0.25) is 5.02 Å². The van der Waals surface area contributed by atoms with E-state index in [1.807, 2.05) is 31.2 Å². The first-order chi connectivity index (χ1) is 24.3. The lowest BCUT2D eigenvalue weighted by Crippen LogP contribution is -2.14. The van der Waals surface area contributed by atoms with Crippen molar-refractivity contribution in [2.24, 2.45) is 4.99 Å². The molecule has 1 N–H and O–H groups in total. The molecule has 0 aliphatic carbocycles. The number of Topliss-reactive ketones (excluding diaryl/α,β-unsaturated/α-hetero) is 1. The van der Waals surface area contributed by atoms with Crippen LogP contribution in [0.4, 0.5) is 0 Å². The number of carbonyl (C=O) groups is 2. The van der Waals surface area contributed by atoms with Crippen LogP contribution in [0, 0.1) is 20.8 Å². The second kappa shape index (κ2) is 21.3. The number of carboxylic acid groups (broad SMARTS) is 1. The fraction of sp³-hybridized carbons (Fsp3) is 0.571. The van der Waals surface area contributed by atoms with E-state index in [1.54, 1.807) is 11.3 Å². The van der Waals surface area contributed by atoms with Crippen molar-refractivity contribution in [1.29, 1.82) is 0 Å². The van der Waals surface area contributed by atoms with Crippen LogP contribution < -0.4 is 0 Å². The first-order valence-corrected chi connectivity index (χ1v) is 18.0. The molecule has 0 saturated carbocycles. The Morgan fingerprint density at radius 1 is 0.780 bits per heavy atom. The Kier molecular flexibility index (Phi) is 16.9. The average molecular weight is 735 g/mol. The van der Waals surface area contributed by atoms with E-state index in [0.29, 0.717) is 96.4 Å². The number of thiophene rings is 1. The van der Waals surface area contributed by atoms with Gasteiger partial charge in [0.1, 0.15) is 22.7 Å². The molecule has 0 saturated heterocycles. The van der Waals surface area contributed by atoms with Gasteiger partial charge in [-0.15, -0.1) is 21.5 Å². The van der Waals surface area contributed by atoms with Crippen LogP contribution in [-0.4, -0.2) is 117 Å². The van der Waals surface area contributed by atoms with Crippen molar-refractivity contribution in [2.75, 3.05) is 79.3 Å². The molecule has 2 aromatic heterocycles. The molecular formula is C35H47ClN4O9S. The molecule has 0 spiro atoms. The minimum Gasteiger partial charge on any atom is -0.481 e. The quantitative estimate of drug-likeness (QED) is 0.116. The van der Waals surface area contributed by atoms with Crippen molar-refractivity contribution in [1.82, 2.24) is 14.8 Å². The zero-order valence-electron chi connectivity index (χ0n) is 29.0. The lowest BCUT2D eigenvalue weighted by molar-refractivity contribution is -0.138. The largest absolute Gasteiger partial charge is 0.481 e. The van der Waals surface area contributed by atoms with Crippen LogP contribution in [0.3, 0.4) is 0 Å². The number of ether oxygens (including phenoxy) is 6. The van der Waals surface area contributed by atoms with Gasteiger partial charge in [0.05, 0.1) is 84.8 Å². The fourth-order valence-electron chi connectivity index (χ4n) is 5.18. The molecule has 0 radical (unpaired) electrons. The number of hydrogen-bond acceptors (Lipinski definition) is 12. The van der Waals surface area contributed by atoms with Gasteiger partial charge in [0, 0.05) is 40.5 Å². The van der Waals surface area contributed by atoms with Crippen molar-refractivity contribution >= 4 is 40.4 Å². The van der Waals surface area contributed by atoms with Crippen molar-refractivity contribution in [3.63, 3.8) is 0 Å². The van der Waals surface area contributed by atoms with Gasteiger partial charge in [-0.1, -0.05) is 23.7 Å². The maximum Gasteiger partial charge on any atom is 0.305 e. The van der Waals surface area contributed by atoms with Crippen LogP contribution in [-0.2, 0) is 38.0 Å². The van der Waals surface area contributed by atoms with E-state index in [4.69, 9.17) is 50.1 Å². The molecule has 1 atom stereocenters. The number of rotatable bonds is 25. The first kappa shape index (κ1) is 39.7. The van der Waals surface area contributed by atoms with Crippen molar-refractivity contribution in [2.45, 2.75) is 52.5 Å². The molecule has 1 aliphatic rings. The highest BCUT2D eigenvalue weighted by atomic mass is 35.5. The van der Waals surface area contributed by atoms with E-state index in [1.165, 1.54) is 4.88 Å². The standard InChI is InChI=1S/C35H47ClN4O9S/c1-24-25(2)50-35-32(24)33(27-6-8-28(36)9-7-27)37-30(34-39-38-26(3)40(34)35)23-29(41)5-4-11-44-13-15-46-17-19-48-21-22-49-20-18-47-16-14-45-12-10-31(42)43/h6-9,30H,4-5,10-23H2,1-3H3,(H,42,43)/t30-/m0/s1. The van der Waals surface area contributed by atoms with Crippen LogP contribution in [0.25, 0.3) is 5.00 Å². The maximum atomic E-state index is 13.2. The Labute approximate surface area is 301 Å². The fourth-order valence-corrected chi connectivity index (χ4v) is 6.52. The molecular weight excluding hydrogens is 688 g/mol. The number of benzene rings is 1. The van der Waals surface area contributed by atoms with E-state index in [9.17, 15) is 9.59 Å². The van der Waals surface area contributed by atoms with Gasteiger partial charge in [0.15, 0.2) is 5.82 Å². The maximum absolute atomic E-state index is 13.2. The Balaban J connectivity index is 1.08. The first-order valence-electron chi connectivity index (χ1n) is 16.8. The third-order valence-corrected chi connectivity index (χ3v) is 9.29. The summed E-state index contributed by atoms with van der Waals surface area (Å²) in [4.78, 5) is 30.0. The molecule has 4 rings (SSSR count). The molecule has 13 nitrogen and oxygen atoms in total. The Bertz CT molecular complexity index is 1540. The molecule has 1 aromatic carbocycles. The van der Waals surface area contributed by atoms with Gasteiger partial charge in [0.25, 0.3) is 0 Å². The molecule has 3 heterocycles. The molecule has 0 fully saturated rings. The molecule has 1 aliphatic heterocycles. The highest BCUT2D eigenvalue weighted by Gasteiger charge is 2.32.